The molecule has 2 aromatic rings. The summed E-state index contributed by atoms with van der Waals surface area (Å²) >= 11 is 0. The number of hydrogen-bond donors (Lipinski definition) is 0. The molecule has 8 nitrogen and oxygen atoms in total. The summed E-state index contributed by atoms with van der Waals surface area (Å²) in [7, 11) is 2.71. The van der Waals surface area contributed by atoms with Crippen LogP contribution in [-0.4, -0.2) is 72.8 Å². The van der Waals surface area contributed by atoms with Crippen LogP contribution in [-0.2, 0) is 14.2 Å². The van der Waals surface area contributed by atoms with Crippen molar-refractivity contribution in [2.45, 2.75) is 58.3 Å². The zero-order chi connectivity index (χ0) is 26.6. The molecule has 1 heterocycles. The molecule has 0 radical (unpaired) electrons. The predicted octanol–water partition coefficient (Wildman–Crippen LogP) is 4.68. The smallest absolute Gasteiger partial charge is 0.410 e. The van der Waals surface area contributed by atoms with Crippen LogP contribution in [0.3, 0.4) is 0 Å². The minimum atomic E-state index is -0.567. The van der Waals surface area contributed by atoms with Gasteiger partial charge in [0.1, 0.15) is 5.60 Å². The summed E-state index contributed by atoms with van der Waals surface area (Å²) in [6.45, 7) is 10.8. The van der Waals surface area contributed by atoms with E-state index >= 15 is 0 Å². The summed E-state index contributed by atoms with van der Waals surface area (Å²) in [5, 5.41) is 0. The van der Waals surface area contributed by atoms with Crippen molar-refractivity contribution in [1.82, 2.24) is 9.80 Å². The van der Waals surface area contributed by atoms with E-state index in [2.05, 4.69) is 11.8 Å². The summed E-state index contributed by atoms with van der Waals surface area (Å²) in [5.74, 6) is -0.790. The number of ether oxygens (including phenoxy) is 3. The maximum Gasteiger partial charge on any atom is 0.410 e. The van der Waals surface area contributed by atoms with Crippen LogP contribution in [0.4, 0.5) is 4.79 Å². The second kappa shape index (κ2) is 11.1. The average Bonchev–Trinajstić information content (AvgIpc) is 2.84. The molecule has 3 rings (SSSR count). The monoisotopic (exact) mass is 496 g/mol. The zero-order valence-corrected chi connectivity index (χ0v) is 22.1. The lowest BCUT2D eigenvalue weighted by Gasteiger charge is -2.47. The summed E-state index contributed by atoms with van der Waals surface area (Å²) in [6.07, 6.45) is -0.317. The normalized spacial score (nSPS) is 18.6. The first kappa shape index (κ1) is 27.2. The Morgan fingerprint density at radius 2 is 1.22 bits per heavy atom. The van der Waals surface area contributed by atoms with Crippen LogP contribution in [0.1, 0.15) is 72.5 Å². The van der Waals surface area contributed by atoms with Gasteiger partial charge in [0.2, 0.25) is 0 Å². The van der Waals surface area contributed by atoms with E-state index in [-0.39, 0.29) is 24.2 Å². The molecule has 8 heteroatoms. The van der Waals surface area contributed by atoms with E-state index in [1.807, 2.05) is 52.0 Å². The molecule has 0 spiro atoms. The number of carbonyl (C=O) groups is 3. The van der Waals surface area contributed by atoms with E-state index in [9.17, 15) is 14.4 Å². The number of amides is 1. The lowest BCUT2D eigenvalue weighted by atomic mass is 9.92. The largest absolute Gasteiger partial charge is 0.465 e. The zero-order valence-electron chi connectivity index (χ0n) is 22.1. The van der Waals surface area contributed by atoms with Crippen LogP contribution in [0, 0.1) is 0 Å². The van der Waals surface area contributed by atoms with E-state index in [4.69, 9.17) is 14.2 Å². The first-order valence-corrected chi connectivity index (χ1v) is 12.1. The predicted molar refractivity (Wildman–Crippen MR) is 136 cm³/mol. The topological polar surface area (TPSA) is 85.4 Å². The van der Waals surface area contributed by atoms with Gasteiger partial charge >= 0.3 is 18.0 Å². The van der Waals surface area contributed by atoms with E-state index in [0.717, 1.165) is 11.1 Å². The third kappa shape index (κ3) is 6.23. The lowest BCUT2D eigenvalue weighted by Crippen LogP contribution is -2.59. The Kier molecular flexibility index (Phi) is 8.40. The number of rotatable bonds is 5. The van der Waals surface area contributed by atoms with Gasteiger partial charge in [-0.15, -0.1) is 0 Å². The van der Waals surface area contributed by atoms with E-state index in [0.29, 0.717) is 24.2 Å². The van der Waals surface area contributed by atoms with E-state index in [1.54, 1.807) is 29.2 Å². The van der Waals surface area contributed by atoms with Crippen LogP contribution in [0.2, 0.25) is 0 Å². The number of carbonyl (C=O) groups excluding carboxylic acids is 3. The van der Waals surface area contributed by atoms with Gasteiger partial charge in [-0.3, -0.25) is 4.90 Å². The van der Waals surface area contributed by atoms with Crippen LogP contribution >= 0.6 is 0 Å². The van der Waals surface area contributed by atoms with Crippen LogP contribution in [0.5, 0.6) is 0 Å². The van der Waals surface area contributed by atoms with Gasteiger partial charge in [-0.05, 0) is 70.0 Å². The summed E-state index contributed by atoms with van der Waals surface area (Å²) in [5.41, 5.74) is 2.34. The molecule has 1 aliphatic rings. The number of hydrogen-bond acceptors (Lipinski definition) is 7. The Hall–Kier alpha value is -3.39. The number of esters is 2. The van der Waals surface area contributed by atoms with Gasteiger partial charge in [0.25, 0.3) is 0 Å². The van der Waals surface area contributed by atoms with Crippen molar-refractivity contribution in [3.63, 3.8) is 0 Å². The Balaban J connectivity index is 1.96. The van der Waals surface area contributed by atoms with Crippen molar-refractivity contribution >= 4 is 18.0 Å². The van der Waals surface area contributed by atoms with Crippen molar-refractivity contribution in [2.75, 3.05) is 27.3 Å². The molecule has 2 atom stereocenters. The highest BCUT2D eigenvalue weighted by atomic mass is 16.6. The maximum absolute atomic E-state index is 12.8. The van der Waals surface area contributed by atoms with Gasteiger partial charge in [-0.1, -0.05) is 24.3 Å². The molecule has 0 aromatic heterocycles. The molecule has 194 valence electrons. The highest BCUT2D eigenvalue weighted by molar-refractivity contribution is 5.89. The Bertz CT molecular complexity index is 1020. The summed E-state index contributed by atoms with van der Waals surface area (Å²) < 4.78 is 15.3. The Labute approximate surface area is 213 Å². The van der Waals surface area contributed by atoms with Crippen LogP contribution in [0.25, 0.3) is 0 Å². The highest BCUT2D eigenvalue weighted by Crippen LogP contribution is 2.34. The fourth-order valence-electron chi connectivity index (χ4n) is 4.50. The van der Waals surface area contributed by atoms with Gasteiger partial charge in [-0.2, -0.15) is 0 Å². The minimum Gasteiger partial charge on any atom is -0.465 e. The second-order valence-electron chi connectivity index (χ2n) is 10.2. The molecular formula is C28H36N2O6. The lowest BCUT2D eigenvalue weighted by molar-refractivity contribution is -0.0163. The third-order valence-corrected chi connectivity index (χ3v) is 6.29. The standard InChI is InChI=1S/C28H36N2O6/c1-18-17-30(27(33)36-28(3,4)5)19(2)16-29(18)24(20-8-12-22(13-9-20)25(31)34-6)21-10-14-23(15-11-21)26(32)35-7/h8-15,18-19,24H,16-17H2,1-7H3/t18?,19-/m0/s1. The first-order valence-electron chi connectivity index (χ1n) is 12.1. The second-order valence-corrected chi connectivity index (χ2v) is 10.2. The maximum atomic E-state index is 12.8. The van der Waals surface area contributed by atoms with Crippen LogP contribution in [0.15, 0.2) is 48.5 Å². The van der Waals surface area contributed by atoms with Crippen LogP contribution < -0.4 is 0 Å². The molecule has 1 amide bonds. The minimum absolute atomic E-state index is 0.0132. The van der Waals surface area contributed by atoms with Gasteiger partial charge < -0.3 is 19.1 Å². The molecule has 0 bridgehead atoms. The number of methoxy groups -OCH3 is 2. The SMILES string of the molecule is COC(=O)c1ccc(C(c2ccc(C(=O)OC)cc2)N2C[C@H](C)N(C(=O)OC(C)(C)C)CC2C)cc1. The molecule has 1 unspecified atom stereocenters. The van der Waals surface area contributed by atoms with Crippen molar-refractivity contribution < 1.29 is 28.6 Å². The highest BCUT2D eigenvalue weighted by Gasteiger charge is 2.38. The molecule has 1 fully saturated rings. The summed E-state index contributed by atoms with van der Waals surface area (Å²) in [6, 6.07) is 14.5. The average molecular weight is 497 g/mol. The van der Waals surface area contributed by atoms with Gasteiger partial charge in [-0.25, -0.2) is 14.4 Å². The molecule has 2 aromatic carbocycles. The molecule has 0 aliphatic carbocycles. The Morgan fingerprint density at radius 3 is 1.61 bits per heavy atom. The molecule has 0 saturated carbocycles. The van der Waals surface area contributed by atoms with Crippen molar-refractivity contribution in [3.8, 4) is 0 Å². The van der Waals surface area contributed by atoms with E-state index in [1.165, 1.54) is 14.2 Å². The first-order chi connectivity index (χ1) is 16.9. The summed E-state index contributed by atoms with van der Waals surface area (Å²) in [4.78, 5) is 40.9. The third-order valence-electron chi connectivity index (χ3n) is 6.29. The molecular weight excluding hydrogens is 460 g/mol. The Morgan fingerprint density at radius 1 is 0.778 bits per heavy atom. The van der Waals surface area contributed by atoms with Crippen molar-refractivity contribution in [3.05, 3.63) is 70.8 Å². The molecule has 1 aliphatic heterocycles. The molecule has 36 heavy (non-hydrogen) atoms. The number of piperazine rings is 1. The van der Waals surface area contributed by atoms with Gasteiger partial charge in [0.15, 0.2) is 0 Å². The fourth-order valence-corrected chi connectivity index (χ4v) is 4.50. The number of benzene rings is 2. The van der Waals surface area contributed by atoms with Gasteiger partial charge in [0.05, 0.1) is 31.4 Å². The number of nitrogens with zero attached hydrogens (tertiary/aromatic N) is 2. The fraction of sp³-hybridized carbons (Fsp3) is 0.464. The quantitative estimate of drug-likeness (QED) is 0.439. The van der Waals surface area contributed by atoms with Crippen molar-refractivity contribution in [1.29, 1.82) is 0 Å². The molecule has 1 saturated heterocycles. The van der Waals surface area contributed by atoms with Crippen molar-refractivity contribution in [2.24, 2.45) is 0 Å². The van der Waals surface area contributed by atoms with Gasteiger partial charge in [0, 0.05) is 25.2 Å². The molecule has 0 N–H and O–H groups in total. The van der Waals surface area contributed by atoms with E-state index < -0.39 is 17.5 Å².